The van der Waals surface area contributed by atoms with Crippen LogP contribution >= 0.6 is 0 Å². The molecular formula is C38H69NO13. The topological polar surface area (TPSA) is 183 Å². The Labute approximate surface area is 310 Å². The van der Waals surface area contributed by atoms with E-state index in [0.29, 0.717) is 6.42 Å². The van der Waals surface area contributed by atoms with E-state index in [0.717, 1.165) is 0 Å². The van der Waals surface area contributed by atoms with E-state index in [1.807, 2.05) is 32.8 Å². The van der Waals surface area contributed by atoms with Crippen LogP contribution in [-0.2, 0) is 42.7 Å². The number of carbonyl (C=O) groups is 2. The molecule has 0 amide bonds. The number of ether oxygens (including phenoxy) is 7. The fourth-order valence-corrected chi connectivity index (χ4v) is 8.58. The van der Waals surface area contributed by atoms with Crippen LogP contribution in [0.3, 0.4) is 0 Å². The molecule has 3 rings (SSSR count). The molecule has 3 saturated heterocycles. The maximum absolute atomic E-state index is 14.2. The summed E-state index contributed by atoms with van der Waals surface area (Å²) in [5.41, 5.74) is -4.24. The summed E-state index contributed by atoms with van der Waals surface area (Å²) in [6.07, 6.45) is -8.73. The zero-order valence-corrected chi connectivity index (χ0v) is 33.9. The molecule has 0 unspecified atom stereocenters. The van der Waals surface area contributed by atoms with Crippen LogP contribution in [0.15, 0.2) is 0 Å². The van der Waals surface area contributed by atoms with Crippen molar-refractivity contribution in [2.24, 2.45) is 23.7 Å². The van der Waals surface area contributed by atoms with Crippen molar-refractivity contribution in [3.8, 4) is 0 Å². The Balaban J connectivity index is 2.22. The molecule has 3 aliphatic heterocycles. The number of esters is 1. The molecule has 14 nitrogen and oxygen atoms in total. The summed E-state index contributed by atoms with van der Waals surface area (Å²) in [4.78, 5) is 30.1. The quantitative estimate of drug-likeness (QED) is 0.266. The van der Waals surface area contributed by atoms with Gasteiger partial charge in [0.15, 0.2) is 12.6 Å². The summed E-state index contributed by atoms with van der Waals surface area (Å²) < 4.78 is 43.9. The maximum atomic E-state index is 14.2. The molecule has 14 heteroatoms. The third-order valence-electron chi connectivity index (χ3n) is 12.3. The minimum Gasteiger partial charge on any atom is -0.459 e. The number of ketones is 1. The van der Waals surface area contributed by atoms with Crippen LogP contribution in [0.2, 0.25) is 0 Å². The number of rotatable bonds is 8. The van der Waals surface area contributed by atoms with Crippen molar-refractivity contribution in [2.45, 2.75) is 179 Å². The number of likely N-dealkylation sites (N-methyl/N-ethyl adjacent to an activating group) is 1. The molecule has 0 aromatic carbocycles. The molecule has 304 valence electrons. The summed E-state index contributed by atoms with van der Waals surface area (Å²) in [6.45, 7) is 17.1. The van der Waals surface area contributed by atoms with Crippen molar-refractivity contribution in [3.63, 3.8) is 0 Å². The van der Waals surface area contributed by atoms with Crippen molar-refractivity contribution < 1.29 is 63.2 Å². The van der Waals surface area contributed by atoms with Gasteiger partial charge < -0.3 is 58.5 Å². The average molecular weight is 748 g/mol. The molecule has 3 aliphatic rings. The summed E-state index contributed by atoms with van der Waals surface area (Å²) >= 11 is 0. The van der Waals surface area contributed by atoms with Gasteiger partial charge in [-0.1, -0.05) is 27.7 Å². The molecule has 4 N–H and O–H groups in total. The number of cyclic esters (lactones) is 1. The highest BCUT2D eigenvalue weighted by molar-refractivity contribution is 5.83. The lowest BCUT2D eigenvalue weighted by Gasteiger charge is -2.50. The van der Waals surface area contributed by atoms with E-state index in [2.05, 4.69) is 0 Å². The highest BCUT2D eigenvalue weighted by Gasteiger charge is 2.54. The standard InChI is InChI=1S/C38H69NO13/c1-15-26-38(10,45)31(42)21(4)28(40)19(2)17-37(9,47-14)33(52-35-29(41)25(39(11)12)16-20(3)48-35)22(5)30(23(6)34(44)50-26)51-27-18-36(8,46-13)32(43)24(7)49-27/h19-27,29-33,35,41-43,45H,15-18H2,1-14H3/t19-,20+,21+,22+,23-,24+,25-,26-,27+,29-,30+,31-,32-,33-,35+,36-,37-,38-/m0/s1. The molecule has 0 saturated carbocycles. The van der Waals surface area contributed by atoms with E-state index in [1.54, 1.807) is 48.5 Å². The lowest BCUT2D eigenvalue weighted by Crippen LogP contribution is -2.61. The molecule has 18 atom stereocenters. The molecule has 52 heavy (non-hydrogen) atoms. The number of Topliss-reactive ketones (excluding diaryl/α,β-unsaturated/α-hetero) is 1. The van der Waals surface area contributed by atoms with E-state index in [1.165, 1.54) is 21.1 Å². The van der Waals surface area contributed by atoms with Gasteiger partial charge in [0, 0.05) is 44.4 Å². The SMILES string of the molecule is CC[C@@H]1OC(=O)[C@@H](C)[C@H](O[C@@H]2C[C@](C)(OC)[C@@H](O)[C@@H](C)O2)[C@@H](C)[C@H](O[C@H]2O[C@H](C)C[C@H](N(C)C)[C@@H]2O)[C@@](C)(OC)C[C@H](C)C(=O)[C@@H](C)[C@H](O)[C@@]1(C)O. The minimum atomic E-state index is -1.96. The van der Waals surface area contributed by atoms with Crippen LogP contribution in [0.5, 0.6) is 0 Å². The molecule has 0 aromatic heterocycles. The van der Waals surface area contributed by atoms with Gasteiger partial charge >= 0.3 is 5.97 Å². The Morgan fingerprint density at radius 3 is 1.98 bits per heavy atom. The lowest BCUT2D eigenvalue weighted by molar-refractivity contribution is -0.319. The van der Waals surface area contributed by atoms with Gasteiger partial charge in [0.05, 0.1) is 47.6 Å². The van der Waals surface area contributed by atoms with Gasteiger partial charge in [-0.25, -0.2) is 0 Å². The number of hydrogen-bond donors (Lipinski definition) is 4. The smallest absolute Gasteiger partial charge is 0.311 e. The largest absolute Gasteiger partial charge is 0.459 e. The summed E-state index contributed by atoms with van der Waals surface area (Å²) in [5.74, 6) is -4.47. The van der Waals surface area contributed by atoms with Crippen molar-refractivity contribution in [1.29, 1.82) is 0 Å². The second-order valence-corrected chi connectivity index (χ2v) is 16.6. The molecular weight excluding hydrogens is 678 g/mol. The zero-order chi connectivity index (χ0) is 39.7. The summed E-state index contributed by atoms with van der Waals surface area (Å²) in [7, 11) is 6.77. The Kier molecular flexibility index (Phi) is 15.3. The van der Waals surface area contributed by atoms with Crippen LogP contribution in [0.1, 0.15) is 94.9 Å². The summed E-state index contributed by atoms with van der Waals surface area (Å²) in [5, 5.41) is 45.6. The highest BCUT2D eigenvalue weighted by Crippen LogP contribution is 2.41. The lowest BCUT2D eigenvalue weighted by atomic mass is 9.74. The third kappa shape index (κ3) is 9.38. The van der Waals surface area contributed by atoms with Gasteiger partial charge in [-0.2, -0.15) is 0 Å². The molecule has 0 radical (unpaired) electrons. The van der Waals surface area contributed by atoms with E-state index in [4.69, 9.17) is 33.2 Å². The minimum absolute atomic E-state index is 0.111. The Bertz CT molecular complexity index is 1190. The van der Waals surface area contributed by atoms with E-state index < -0.39 is 102 Å². The second-order valence-electron chi connectivity index (χ2n) is 16.6. The predicted molar refractivity (Wildman–Crippen MR) is 191 cm³/mol. The molecule has 0 bridgehead atoms. The number of aliphatic hydroxyl groups excluding tert-OH is 3. The molecule has 3 heterocycles. The molecule has 0 aromatic rings. The number of methoxy groups -OCH3 is 2. The number of nitrogens with zero attached hydrogens (tertiary/aromatic N) is 1. The first-order valence-electron chi connectivity index (χ1n) is 18.9. The first-order chi connectivity index (χ1) is 24.0. The van der Waals surface area contributed by atoms with Crippen molar-refractivity contribution in [3.05, 3.63) is 0 Å². The van der Waals surface area contributed by atoms with Crippen LogP contribution in [0, 0.1) is 23.7 Å². The maximum Gasteiger partial charge on any atom is 0.311 e. The number of hydrogen-bond acceptors (Lipinski definition) is 14. The van der Waals surface area contributed by atoms with E-state index in [9.17, 15) is 30.0 Å². The monoisotopic (exact) mass is 747 g/mol. The van der Waals surface area contributed by atoms with Crippen LogP contribution < -0.4 is 0 Å². The molecule has 0 spiro atoms. The van der Waals surface area contributed by atoms with Gasteiger partial charge in [-0.05, 0) is 74.9 Å². The van der Waals surface area contributed by atoms with Crippen molar-refractivity contribution in [1.82, 2.24) is 4.90 Å². The summed E-state index contributed by atoms with van der Waals surface area (Å²) in [6, 6.07) is -0.283. The first kappa shape index (κ1) is 45.1. The molecule has 0 aliphatic carbocycles. The Morgan fingerprint density at radius 1 is 0.846 bits per heavy atom. The Morgan fingerprint density at radius 2 is 1.44 bits per heavy atom. The fraction of sp³-hybridized carbons (Fsp3) is 0.947. The van der Waals surface area contributed by atoms with Gasteiger partial charge in [0.25, 0.3) is 0 Å². The fourth-order valence-electron chi connectivity index (χ4n) is 8.58. The second kappa shape index (κ2) is 17.7. The predicted octanol–water partition coefficient (Wildman–Crippen LogP) is 2.44. The van der Waals surface area contributed by atoms with Gasteiger partial charge in [0.1, 0.15) is 29.7 Å². The third-order valence-corrected chi connectivity index (χ3v) is 12.3. The first-order valence-corrected chi connectivity index (χ1v) is 18.9. The Hall–Kier alpha value is -1.30. The number of aliphatic hydroxyl groups is 4. The van der Waals surface area contributed by atoms with Gasteiger partial charge in [0.2, 0.25) is 0 Å². The normalized spacial score (nSPS) is 49.0. The van der Waals surface area contributed by atoms with E-state index in [-0.39, 0.29) is 37.2 Å². The van der Waals surface area contributed by atoms with Gasteiger partial charge in [-0.3, -0.25) is 9.59 Å². The van der Waals surface area contributed by atoms with Crippen LogP contribution in [0.4, 0.5) is 0 Å². The van der Waals surface area contributed by atoms with Gasteiger partial charge in [-0.15, -0.1) is 0 Å². The zero-order valence-electron chi connectivity index (χ0n) is 33.9. The highest BCUT2D eigenvalue weighted by atomic mass is 16.7. The van der Waals surface area contributed by atoms with Crippen LogP contribution in [-0.4, -0.2) is 150 Å². The van der Waals surface area contributed by atoms with Crippen molar-refractivity contribution in [2.75, 3.05) is 28.3 Å². The number of carbonyl (C=O) groups excluding carboxylic acids is 2. The molecule has 3 fully saturated rings. The van der Waals surface area contributed by atoms with E-state index >= 15 is 0 Å². The average Bonchev–Trinajstić information content (AvgIpc) is 3.09. The van der Waals surface area contributed by atoms with Crippen LogP contribution in [0.25, 0.3) is 0 Å². The van der Waals surface area contributed by atoms with Crippen molar-refractivity contribution >= 4 is 11.8 Å².